The van der Waals surface area contributed by atoms with E-state index >= 15 is 0 Å². The van der Waals surface area contributed by atoms with Crippen molar-refractivity contribution in [2.24, 2.45) is 11.5 Å². The van der Waals surface area contributed by atoms with Gasteiger partial charge in [-0.3, -0.25) is 14.4 Å². The number of nitrogens with zero attached hydrogens (tertiary/aromatic N) is 2. The third-order valence-electron chi connectivity index (χ3n) is 8.15. The number of pyridine rings is 1. The highest BCUT2D eigenvalue weighted by Gasteiger charge is 2.24. The summed E-state index contributed by atoms with van der Waals surface area (Å²) < 4.78 is 0. The van der Waals surface area contributed by atoms with E-state index < -0.39 is 17.9 Å². The van der Waals surface area contributed by atoms with Gasteiger partial charge in [0.2, 0.25) is 5.91 Å². The Kier molecular flexibility index (Phi) is 9.96. The fraction of sp³-hybridized carbons (Fsp3) is 0.333. The summed E-state index contributed by atoms with van der Waals surface area (Å²) in [5.74, 6) is -0.422. The summed E-state index contributed by atoms with van der Waals surface area (Å²) in [6.45, 7) is 4.37. The number of aliphatic hydroxyl groups is 1. The van der Waals surface area contributed by atoms with Gasteiger partial charge in [-0.25, -0.2) is 4.98 Å². The van der Waals surface area contributed by atoms with Crippen LogP contribution in [0.3, 0.4) is 0 Å². The number of hydrogen-bond donors (Lipinski definition) is 6. The number of aliphatic hydroxyl groups excluding tert-OH is 1. The molecule has 0 aliphatic carbocycles. The van der Waals surface area contributed by atoms with Crippen LogP contribution < -0.4 is 32.7 Å². The minimum Gasteiger partial charge on any atom is -0.397 e. The standard InChI is InChI=1S/C33H39N7O4S/c1-2-4-22-16-26(39-33-27(22)28(34)29(45-33)31(36)43)40-13-11-24(12-14-40)37-18-25(41)20-7-9-21(10-8-20)32(44)38-17-19-5-3-6-23(15-19)30(35)42/h3,5-10,15-16,24-25,37,41H,2,4,11-14,17-18,34H2,1H3,(H2,35,42)(H2,36,43)(H,38,44). The molecule has 0 saturated carbocycles. The number of fused-ring (bicyclic) bond motifs is 1. The average Bonchev–Trinajstić information content (AvgIpc) is 3.39. The zero-order valence-electron chi connectivity index (χ0n) is 25.2. The number of nitrogens with one attached hydrogen (secondary N) is 2. The normalized spacial score (nSPS) is 14.4. The molecule has 2 aromatic carbocycles. The first-order valence-corrected chi connectivity index (χ1v) is 15.9. The number of aryl methyl sites for hydroxylation is 1. The van der Waals surface area contributed by atoms with Crippen molar-refractivity contribution in [3.63, 3.8) is 0 Å². The van der Waals surface area contributed by atoms with Crippen LogP contribution in [0.15, 0.2) is 54.6 Å². The van der Waals surface area contributed by atoms with Crippen LogP contribution in [0.4, 0.5) is 11.5 Å². The molecule has 5 rings (SSSR count). The number of primary amides is 2. The van der Waals surface area contributed by atoms with E-state index in [2.05, 4.69) is 28.5 Å². The number of nitrogens with two attached hydrogens (primary N) is 3. The van der Waals surface area contributed by atoms with Crippen LogP contribution in [0.2, 0.25) is 0 Å². The monoisotopic (exact) mass is 629 g/mol. The molecule has 4 aromatic rings. The predicted octanol–water partition coefficient (Wildman–Crippen LogP) is 3.25. The number of aromatic nitrogens is 1. The summed E-state index contributed by atoms with van der Waals surface area (Å²) in [5, 5.41) is 18.0. The molecule has 1 fully saturated rings. The van der Waals surface area contributed by atoms with Crippen LogP contribution in [-0.4, -0.2) is 53.5 Å². The van der Waals surface area contributed by atoms with E-state index in [-0.39, 0.29) is 18.5 Å². The maximum Gasteiger partial charge on any atom is 0.260 e. The number of amides is 3. The molecular formula is C33H39N7O4S. The summed E-state index contributed by atoms with van der Waals surface area (Å²) in [6.07, 6.45) is 2.82. The summed E-state index contributed by atoms with van der Waals surface area (Å²) in [4.78, 5) is 44.1. The topological polar surface area (TPSA) is 190 Å². The van der Waals surface area contributed by atoms with Gasteiger partial charge in [0, 0.05) is 48.7 Å². The van der Waals surface area contributed by atoms with Gasteiger partial charge in [0.05, 0.1) is 11.8 Å². The number of benzene rings is 2. The van der Waals surface area contributed by atoms with Crippen molar-refractivity contribution in [2.75, 3.05) is 30.3 Å². The highest BCUT2D eigenvalue weighted by atomic mass is 32.1. The van der Waals surface area contributed by atoms with E-state index in [4.69, 9.17) is 22.2 Å². The summed E-state index contributed by atoms with van der Waals surface area (Å²) in [6, 6.07) is 16.0. The van der Waals surface area contributed by atoms with E-state index in [1.165, 1.54) is 11.3 Å². The van der Waals surface area contributed by atoms with Crippen molar-refractivity contribution in [3.8, 4) is 0 Å². The first-order valence-electron chi connectivity index (χ1n) is 15.1. The van der Waals surface area contributed by atoms with Gasteiger partial charge in [0.25, 0.3) is 11.8 Å². The summed E-state index contributed by atoms with van der Waals surface area (Å²) in [5.41, 5.74) is 21.0. The van der Waals surface area contributed by atoms with Crippen molar-refractivity contribution < 1.29 is 19.5 Å². The van der Waals surface area contributed by atoms with Crippen molar-refractivity contribution in [2.45, 2.75) is 51.3 Å². The van der Waals surface area contributed by atoms with Crippen LogP contribution in [0.25, 0.3) is 10.2 Å². The van der Waals surface area contributed by atoms with Gasteiger partial charge in [-0.15, -0.1) is 11.3 Å². The second-order valence-corrected chi connectivity index (χ2v) is 12.3. The number of thiophene rings is 1. The van der Waals surface area contributed by atoms with Crippen LogP contribution in [-0.2, 0) is 13.0 Å². The van der Waals surface area contributed by atoms with Crippen LogP contribution in [0, 0.1) is 0 Å². The SMILES string of the molecule is CCCc1cc(N2CCC(NCC(O)c3ccc(C(=O)NCc4cccc(C(N)=O)c4)cc3)CC2)nc2sc(C(N)=O)c(N)c12. The third kappa shape index (κ3) is 7.42. The van der Waals surface area contributed by atoms with Crippen LogP contribution in [0.1, 0.15) is 79.4 Å². The number of carbonyl (C=O) groups excluding carboxylic acids is 3. The molecule has 0 spiro atoms. The van der Waals surface area contributed by atoms with Crippen LogP contribution >= 0.6 is 11.3 Å². The van der Waals surface area contributed by atoms with Gasteiger partial charge >= 0.3 is 0 Å². The number of hydrogen-bond acceptors (Lipinski definition) is 9. The number of nitrogen functional groups attached to an aromatic ring is 1. The Morgan fingerprint density at radius 3 is 2.44 bits per heavy atom. The zero-order chi connectivity index (χ0) is 32.1. The predicted molar refractivity (Wildman–Crippen MR) is 177 cm³/mol. The Labute approximate surface area is 265 Å². The largest absolute Gasteiger partial charge is 0.397 e. The smallest absolute Gasteiger partial charge is 0.260 e. The molecule has 0 radical (unpaired) electrons. The molecule has 1 atom stereocenters. The molecule has 12 heteroatoms. The number of carbonyl (C=O) groups is 3. The van der Waals surface area contributed by atoms with Crippen molar-refractivity contribution in [1.29, 1.82) is 0 Å². The Balaban J connectivity index is 1.12. The van der Waals surface area contributed by atoms with E-state index in [0.29, 0.717) is 28.2 Å². The van der Waals surface area contributed by atoms with E-state index in [1.54, 1.807) is 42.5 Å². The van der Waals surface area contributed by atoms with Crippen molar-refractivity contribution >= 4 is 50.8 Å². The molecule has 3 amide bonds. The average molecular weight is 630 g/mol. The second kappa shape index (κ2) is 14.1. The molecule has 0 bridgehead atoms. The molecule has 11 nitrogen and oxygen atoms in total. The zero-order valence-corrected chi connectivity index (χ0v) is 26.0. The molecule has 1 aliphatic heterocycles. The third-order valence-corrected chi connectivity index (χ3v) is 9.27. The Morgan fingerprint density at radius 1 is 1.04 bits per heavy atom. The van der Waals surface area contributed by atoms with Gasteiger partial charge in [0.1, 0.15) is 15.5 Å². The first kappa shape index (κ1) is 31.9. The first-order chi connectivity index (χ1) is 21.6. The molecule has 236 valence electrons. The molecule has 45 heavy (non-hydrogen) atoms. The van der Waals surface area contributed by atoms with Gasteiger partial charge in [-0.2, -0.15) is 0 Å². The maximum atomic E-state index is 12.6. The number of anilines is 2. The lowest BCUT2D eigenvalue weighted by Gasteiger charge is -2.34. The molecule has 9 N–H and O–H groups in total. The second-order valence-electron chi connectivity index (χ2n) is 11.3. The van der Waals surface area contributed by atoms with Crippen molar-refractivity contribution in [3.05, 3.63) is 87.3 Å². The fourth-order valence-electron chi connectivity index (χ4n) is 5.68. The van der Waals surface area contributed by atoms with E-state index in [1.807, 2.05) is 6.07 Å². The lowest BCUT2D eigenvalue weighted by molar-refractivity contribution is 0.0949. The van der Waals surface area contributed by atoms with E-state index in [0.717, 1.165) is 71.5 Å². The van der Waals surface area contributed by atoms with Gasteiger partial charge in [-0.1, -0.05) is 37.6 Å². The molecule has 2 aromatic heterocycles. The highest BCUT2D eigenvalue weighted by molar-refractivity contribution is 7.21. The number of piperidine rings is 1. The quantitative estimate of drug-likeness (QED) is 0.138. The van der Waals surface area contributed by atoms with Gasteiger partial charge in [0.15, 0.2) is 0 Å². The minimum atomic E-state index is -0.721. The fourth-order valence-corrected chi connectivity index (χ4v) is 6.67. The molecule has 3 heterocycles. The van der Waals surface area contributed by atoms with Crippen molar-refractivity contribution in [1.82, 2.24) is 15.6 Å². The molecule has 1 saturated heterocycles. The minimum absolute atomic E-state index is 0.242. The lowest BCUT2D eigenvalue weighted by Crippen LogP contribution is -2.44. The highest BCUT2D eigenvalue weighted by Crippen LogP contribution is 2.37. The van der Waals surface area contributed by atoms with Gasteiger partial charge in [-0.05, 0) is 66.3 Å². The summed E-state index contributed by atoms with van der Waals surface area (Å²) >= 11 is 1.25. The molecule has 1 aliphatic rings. The van der Waals surface area contributed by atoms with Gasteiger partial charge < -0.3 is 37.8 Å². The maximum absolute atomic E-state index is 12.6. The van der Waals surface area contributed by atoms with Crippen LogP contribution in [0.5, 0.6) is 0 Å². The lowest BCUT2D eigenvalue weighted by atomic mass is 10.0. The van der Waals surface area contributed by atoms with E-state index in [9.17, 15) is 19.5 Å². The Hall–Kier alpha value is -4.52. The number of rotatable bonds is 12. The Bertz CT molecular complexity index is 1700. The molecule has 1 unspecified atom stereocenters. The Morgan fingerprint density at radius 2 is 1.78 bits per heavy atom. The summed E-state index contributed by atoms with van der Waals surface area (Å²) in [7, 11) is 0. The molecular weight excluding hydrogens is 590 g/mol.